The highest BCUT2D eigenvalue weighted by Gasteiger charge is 2.23. The number of hydrogen-bond donors (Lipinski definition) is 1. The highest BCUT2D eigenvalue weighted by atomic mass is 16.3. The number of pyridine rings is 1. The number of rotatable bonds is 2. The summed E-state index contributed by atoms with van der Waals surface area (Å²) in [6.07, 6.45) is 10.8. The van der Waals surface area contributed by atoms with E-state index in [1.165, 1.54) is 25.7 Å². The third-order valence-electron chi connectivity index (χ3n) is 4.38. The van der Waals surface area contributed by atoms with Crippen molar-refractivity contribution in [1.29, 1.82) is 0 Å². The lowest BCUT2D eigenvalue weighted by Crippen LogP contribution is -2.12. The summed E-state index contributed by atoms with van der Waals surface area (Å²) in [5.74, 6) is 0.418. The molecule has 3 rings (SSSR count). The Morgan fingerprint density at radius 1 is 1.05 bits per heavy atom. The van der Waals surface area contributed by atoms with E-state index in [1.807, 2.05) is 24.5 Å². The molecule has 1 aromatic heterocycles. The highest BCUT2D eigenvalue weighted by Crippen LogP contribution is 2.35. The molecule has 2 aromatic rings. The SMILES string of the molecule is OC(c1cccc2cnccc12)C1CCCCCC1. The summed E-state index contributed by atoms with van der Waals surface area (Å²) in [5, 5.41) is 13.0. The van der Waals surface area contributed by atoms with E-state index in [0.29, 0.717) is 5.92 Å². The first-order valence-electron chi connectivity index (χ1n) is 7.37. The molecule has 1 heterocycles. The summed E-state index contributed by atoms with van der Waals surface area (Å²) >= 11 is 0. The fourth-order valence-electron chi connectivity index (χ4n) is 3.29. The number of nitrogens with zero attached hydrogens (tertiary/aromatic N) is 1. The molecule has 0 amide bonds. The van der Waals surface area contributed by atoms with Crippen molar-refractivity contribution in [2.24, 2.45) is 5.92 Å². The molecule has 1 fully saturated rings. The molecule has 2 heteroatoms. The van der Waals surface area contributed by atoms with Crippen molar-refractivity contribution in [3.63, 3.8) is 0 Å². The Kier molecular flexibility index (Phi) is 3.79. The maximum Gasteiger partial charge on any atom is 0.0824 e. The molecule has 0 saturated heterocycles. The topological polar surface area (TPSA) is 33.1 Å². The number of aliphatic hydroxyl groups excluding tert-OH is 1. The third kappa shape index (κ3) is 2.64. The molecule has 0 spiro atoms. The fourth-order valence-corrected chi connectivity index (χ4v) is 3.29. The van der Waals surface area contributed by atoms with Gasteiger partial charge in [0.15, 0.2) is 0 Å². The van der Waals surface area contributed by atoms with E-state index < -0.39 is 0 Å². The van der Waals surface area contributed by atoms with Gasteiger partial charge in [-0.25, -0.2) is 0 Å². The molecule has 19 heavy (non-hydrogen) atoms. The first-order chi connectivity index (χ1) is 9.36. The summed E-state index contributed by atoms with van der Waals surface area (Å²) in [6, 6.07) is 8.17. The molecule has 1 N–H and O–H groups in total. The molecule has 1 unspecified atom stereocenters. The maximum absolute atomic E-state index is 10.7. The van der Waals surface area contributed by atoms with Crippen LogP contribution in [-0.2, 0) is 0 Å². The molecule has 0 aliphatic heterocycles. The lowest BCUT2D eigenvalue weighted by Gasteiger charge is -2.22. The van der Waals surface area contributed by atoms with Gasteiger partial charge in [0.05, 0.1) is 6.10 Å². The smallest absolute Gasteiger partial charge is 0.0824 e. The molecular formula is C17H21NO. The quantitative estimate of drug-likeness (QED) is 0.814. The van der Waals surface area contributed by atoms with Gasteiger partial charge < -0.3 is 5.11 Å². The summed E-state index contributed by atoms with van der Waals surface area (Å²) in [5.41, 5.74) is 1.08. The lowest BCUT2D eigenvalue weighted by atomic mass is 9.87. The van der Waals surface area contributed by atoms with Gasteiger partial charge in [-0.3, -0.25) is 4.98 Å². The van der Waals surface area contributed by atoms with E-state index in [9.17, 15) is 5.11 Å². The Morgan fingerprint density at radius 3 is 2.63 bits per heavy atom. The van der Waals surface area contributed by atoms with Crippen molar-refractivity contribution in [1.82, 2.24) is 4.98 Å². The number of aliphatic hydroxyl groups is 1. The van der Waals surface area contributed by atoms with Crippen molar-refractivity contribution in [3.05, 3.63) is 42.2 Å². The van der Waals surface area contributed by atoms with Crippen LogP contribution in [0.3, 0.4) is 0 Å². The van der Waals surface area contributed by atoms with Gasteiger partial charge >= 0.3 is 0 Å². The number of hydrogen-bond acceptors (Lipinski definition) is 2. The van der Waals surface area contributed by atoms with Crippen molar-refractivity contribution in [3.8, 4) is 0 Å². The van der Waals surface area contributed by atoms with Crippen LogP contribution in [0.15, 0.2) is 36.7 Å². The average Bonchev–Trinajstić information content (AvgIpc) is 2.75. The summed E-state index contributed by atoms with van der Waals surface area (Å²) in [6.45, 7) is 0. The molecule has 0 radical (unpaired) electrons. The Labute approximate surface area is 114 Å². The van der Waals surface area contributed by atoms with E-state index in [4.69, 9.17) is 0 Å². The van der Waals surface area contributed by atoms with Crippen molar-refractivity contribution >= 4 is 10.8 Å². The van der Waals surface area contributed by atoms with Crippen LogP contribution < -0.4 is 0 Å². The lowest BCUT2D eigenvalue weighted by molar-refractivity contribution is 0.100. The van der Waals surface area contributed by atoms with E-state index >= 15 is 0 Å². The average molecular weight is 255 g/mol. The van der Waals surface area contributed by atoms with Crippen molar-refractivity contribution in [2.75, 3.05) is 0 Å². The molecule has 2 nitrogen and oxygen atoms in total. The van der Waals surface area contributed by atoms with Gasteiger partial charge in [-0.2, -0.15) is 0 Å². The van der Waals surface area contributed by atoms with Gasteiger partial charge in [-0.05, 0) is 35.8 Å². The first kappa shape index (κ1) is 12.6. The van der Waals surface area contributed by atoms with Crippen LogP contribution in [0.1, 0.15) is 50.2 Å². The Balaban J connectivity index is 1.94. The number of benzene rings is 1. The highest BCUT2D eigenvalue weighted by molar-refractivity contribution is 5.85. The van der Waals surface area contributed by atoms with Gasteiger partial charge in [0, 0.05) is 17.8 Å². The molecule has 1 aliphatic rings. The number of fused-ring (bicyclic) bond motifs is 1. The zero-order chi connectivity index (χ0) is 13.1. The maximum atomic E-state index is 10.7. The monoisotopic (exact) mass is 255 g/mol. The summed E-state index contributed by atoms with van der Waals surface area (Å²) in [4.78, 5) is 4.16. The van der Waals surface area contributed by atoms with Crippen molar-refractivity contribution in [2.45, 2.75) is 44.6 Å². The summed E-state index contributed by atoms with van der Waals surface area (Å²) in [7, 11) is 0. The van der Waals surface area contributed by atoms with Crippen LogP contribution in [0.2, 0.25) is 0 Å². The molecule has 0 bridgehead atoms. The van der Waals surface area contributed by atoms with Gasteiger partial charge in [0.25, 0.3) is 0 Å². The molecule has 1 aromatic carbocycles. The van der Waals surface area contributed by atoms with E-state index in [-0.39, 0.29) is 6.10 Å². The molecule has 100 valence electrons. The second-order valence-electron chi connectivity index (χ2n) is 5.64. The minimum atomic E-state index is -0.329. The van der Waals surface area contributed by atoms with E-state index in [1.54, 1.807) is 0 Å². The predicted octanol–water partition coefficient (Wildman–Crippen LogP) is 4.24. The zero-order valence-electron chi connectivity index (χ0n) is 11.3. The summed E-state index contributed by atoms with van der Waals surface area (Å²) < 4.78 is 0. The predicted molar refractivity (Wildman–Crippen MR) is 77.9 cm³/mol. The fraction of sp³-hybridized carbons (Fsp3) is 0.471. The Bertz CT molecular complexity index is 538. The van der Waals surface area contributed by atoms with Crippen LogP contribution >= 0.6 is 0 Å². The second-order valence-corrected chi connectivity index (χ2v) is 5.64. The molecular weight excluding hydrogens is 234 g/mol. The molecule has 1 atom stereocenters. The second kappa shape index (κ2) is 5.70. The van der Waals surface area contributed by atoms with Gasteiger partial charge in [0.2, 0.25) is 0 Å². The van der Waals surface area contributed by atoms with E-state index in [2.05, 4.69) is 17.1 Å². The largest absolute Gasteiger partial charge is 0.388 e. The van der Waals surface area contributed by atoms with Crippen LogP contribution in [0.4, 0.5) is 0 Å². The first-order valence-corrected chi connectivity index (χ1v) is 7.37. The van der Waals surface area contributed by atoms with E-state index in [0.717, 1.165) is 29.2 Å². The molecule has 1 aliphatic carbocycles. The van der Waals surface area contributed by atoms with Gasteiger partial charge in [0.1, 0.15) is 0 Å². The number of aromatic nitrogens is 1. The van der Waals surface area contributed by atoms with Crippen molar-refractivity contribution < 1.29 is 5.11 Å². The standard InChI is InChI=1S/C17H21NO/c19-17(13-6-3-1-2-4-7-13)16-9-5-8-14-12-18-11-10-15(14)16/h5,8-13,17,19H,1-4,6-7H2. The minimum Gasteiger partial charge on any atom is -0.388 e. The van der Waals surface area contributed by atoms with Crippen LogP contribution in [-0.4, -0.2) is 10.1 Å². The minimum absolute atomic E-state index is 0.329. The third-order valence-corrected chi connectivity index (χ3v) is 4.38. The van der Waals surface area contributed by atoms with Crippen LogP contribution in [0.25, 0.3) is 10.8 Å². The Morgan fingerprint density at radius 2 is 1.84 bits per heavy atom. The Hall–Kier alpha value is -1.41. The zero-order valence-corrected chi connectivity index (χ0v) is 11.3. The van der Waals surface area contributed by atoms with Gasteiger partial charge in [-0.1, -0.05) is 43.9 Å². The van der Waals surface area contributed by atoms with Crippen LogP contribution in [0, 0.1) is 5.92 Å². The van der Waals surface area contributed by atoms with Gasteiger partial charge in [-0.15, -0.1) is 0 Å². The van der Waals surface area contributed by atoms with Crippen LogP contribution in [0.5, 0.6) is 0 Å². The normalized spacial score (nSPS) is 19.2. The molecule has 1 saturated carbocycles.